The number of nitrogens with zero attached hydrogens (tertiary/aromatic N) is 4. The average molecular weight is 398 g/mol. The number of aromatic nitrogens is 3. The van der Waals surface area contributed by atoms with Gasteiger partial charge in [0.05, 0.1) is 18.8 Å². The summed E-state index contributed by atoms with van der Waals surface area (Å²) in [4.78, 5) is 11.6. The number of anilines is 2. The highest BCUT2D eigenvalue weighted by Crippen LogP contribution is 2.28. The van der Waals surface area contributed by atoms with Crippen LogP contribution in [0.15, 0.2) is 48.5 Å². The lowest BCUT2D eigenvalue weighted by molar-refractivity contribution is 0.414. The molecule has 1 heterocycles. The topological polar surface area (TPSA) is 83.7 Å². The van der Waals surface area contributed by atoms with Gasteiger partial charge in [-0.15, -0.1) is 0 Å². The van der Waals surface area contributed by atoms with Gasteiger partial charge in [0.1, 0.15) is 5.75 Å². The van der Waals surface area contributed by atoms with Crippen LogP contribution in [0.5, 0.6) is 5.75 Å². The van der Waals surface area contributed by atoms with Crippen molar-refractivity contribution >= 4 is 46.5 Å². The van der Waals surface area contributed by atoms with E-state index in [9.17, 15) is 5.26 Å². The molecule has 0 bridgehead atoms. The first-order chi connectivity index (χ1) is 13.1. The number of hydrogen-bond acceptors (Lipinski definition) is 6. The average Bonchev–Trinajstić information content (AvgIpc) is 2.66. The molecule has 8 heteroatoms. The van der Waals surface area contributed by atoms with Crippen LogP contribution in [0.3, 0.4) is 0 Å². The van der Waals surface area contributed by atoms with Crippen LogP contribution in [0.4, 0.5) is 11.6 Å². The minimum absolute atomic E-state index is 0.00876. The fourth-order valence-electron chi connectivity index (χ4n) is 2.37. The van der Waals surface area contributed by atoms with Gasteiger partial charge in [0, 0.05) is 17.3 Å². The Morgan fingerprint density at radius 2 is 1.78 bits per heavy atom. The van der Waals surface area contributed by atoms with Gasteiger partial charge in [0.25, 0.3) is 0 Å². The molecule has 134 valence electrons. The van der Waals surface area contributed by atoms with Crippen molar-refractivity contribution in [1.82, 2.24) is 15.0 Å². The van der Waals surface area contributed by atoms with E-state index in [2.05, 4.69) is 26.3 Å². The Labute approximate surface area is 166 Å². The molecule has 3 rings (SSSR count). The minimum atomic E-state index is -0.00876. The molecule has 3 aromatic rings. The van der Waals surface area contributed by atoms with Crippen molar-refractivity contribution in [2.24, 2.45) is 0 Å². The Hall–Kier alpha value is -3.14. The molecule has 27 heavy (non-hydrogen) atoms. The van der Waals surface area contributed by atoms with Crippen LogP contribution in [0.2, 0.25) is 10.6 Å². The molecule has 0 saturated carbocycles. The highest BCUT2D eigenvalue weighted by Gasteiger charge is 2.08. The maximum Gasteiger partial charge on any atom is 0.232 e. The summed E-state index contributed by atoms with van der Waals surface area (Å²) in [6.07, 6.45) is 1.77. The van der Waals surface area contributed by atoms with Crippen LogP contribution < -0.4 is 10.1 Å². The molecule has 0 aliphatic carbocycles. The van der Waals surface area contributed by atoms with Crippen molar-refractivity contribution in [3.8, 4) is 11.8 Å². The molecule has 1 N–H and O–H groups in total. The van der Waals surface area contributed by atoms with Gasteiger partial charge >= 0.3 is 0 Å². The summed E-state index contributed by atoms with van der Waals surface area (Å²) >= 11 is 11.6. The molecule has 0 aliphatic rings. The number of halogens is 2. The Bertz CT molecular complexity index is 1010. The van der Waals surface area contributed by atoms with Crippen LogP contribution in [0, 0.1) is 11.3 Å². The van der Waals surface area contributed by atoms with Gasteiger partial charge in [-0.1, -0.05) is 30.3 Å². The van der Waals surface area contributed by atoms with Crippen molar-refractivity contribution < 1.29 is 4.74 Å². The molecule has 0 amide bonds. The number of nitriles is 1. The SMILES string of the molecule is COc1cc(Nc2nc(Cl)nc(Cl)n2)ccc1/C=C(\C#N)c1ccccc1. The Morgan fingerprint density at radius 3 is 2.41 bits per heavy atom. The highest BCUT2D eigenvalue weighted by molar-refractivity contribution is 6.31. The zero-order valence-corrected chi connectivity index (χ0v) is 15.7. The first-order valence-corrected chi connectivity index (χ1v) is 8.54. The second-order valence-electron chi connectivity index (χ2n) is 5.31. The molecule has 0 fully saturated rings. The lowest BCUT2D eigenvalue weighted by atomic mass is 10.0. The second kappa shape index (κ2) is 8.49. The maximum atomic E-state index is 9.49. The number of rotatable bonds is 5. The lowest BCUT2D eigenvalue weighted by Crippen LogP contribution is -2.00. The molecule has 1 aromatic heterocycles. The molecule has 0 atom stereocenters. The molecule has 6 nitrogen and oxygen atoms in total. The Kier molecular flexibility index (Phi) is 5.87. The summed E-state index contributed by atoms with van der Waals surface area (Å²) in [5.74, 6) is 0.794. The van der Waals surface area contributed by atoms with Crippen molar-refractivity contribution in [3.05, 3.63) is 70.2 Å². The monoisotopic (exact) mass is 397 g/mol. The molecule has 0 radical (unpaired) electrons. The zero-order valence-electron chi connectivity index (χ0n) is 14.1. The van der Waals surface area contributed by atoms with E-state index < -0.39 is 0 Å². The number of allylic oxidation sites excluding steroid dienone is 1. The summed E-state index contributed by atoms with van der Waals surface area (Å²) in [6.45, 7) is 0. The molecule has 0 spiro atoms. The number of methoxy groups -OCH3 is 1. The van der Waals surface area contributed by atoms with Crippen LogP contribution in [-0.2, 0) is 0 Å². The summed E-state index contributed by atoms with van der Waals surface area (Å²) in [5.41, 5.74) is 2.79. The molecule has 0 saturated heterocycles. The summed E-state index contributed by atoms with van der Waals surface area (Å²) in [5, 5.41) is 12.5. The van der Waals surface area contributed by atoms with Crippen LogP contribution >= 0.6 is 23.2 Å². The van der Waals surface area contributed by atoms with Gasteiger partial charge in [0.2, 0.25) is 16.5 Å². The second-order valence-corrected chi connectivity index (χ2v) is 5.99. The smallest absolute Gasteiger partial charge is 0.232 e. The normalized spacial score (nSPS) is 11.0. The van der Waals surface area contributed by atoms with Gasteiger partial charge in [0.15, 0.2) is 0 Å². The van der Waals surface area contributed by atoms with Crippen molar-refractivity contribution in [2.75, 3.05) is 12.4 Å². The molecule has 0 unspecified atom stereocenters. The highest BCUT2D eigenvalue weighted by atomic mass is 35.5. The summed E-state index contributed by atoms with van der Waals surface area (Å²) in [7, 11) is 1.56. The predicted octanol–water partition coefficient (Wildman–Crippen LogP) is 4.99. The van der Waals surface area contributed by atoms with Crippen molar-refractivity contribution in [1.29, 1.82) is 5.26 Å². The Morgan fingerprint density at radius 1 is 1.07 bits per heavy atom. The standard InChI is InChI=1S/C19H13Cl2N5O/c1-27-16-10-15(23-19-25-17(20)24-18(21)26-19)8-7-13(16)9-14(11-22)12-5-3-2-4-6-12/h2-10H,1H3,(H,23,24,25,26)/b14-9+. The summed E-state index contributed by atoms with van der Waals surface area (Å²) < 4.78 is 5.45. The molecule has 2 aromatic carbocycles. The maximum absolute atomic E-state index is 9.49. The van der Waals surface area contributed by atoms with Crippen LogP contribution in [0.1, 0.15) is 11.1 Å². The Balaban J connectivity index is 1.92. The first kappa shape index (κ1) is 18.6. The van der Waals surface area contributed by atoms with Gasteiger partial charge in [-0.3, -0.25) is 0 Å². The third-order valence-corrected chi connectivity index (χ3v) is 3.91. The van der Waals surface area contributed by atoms with Gasteiger partial charge in [-0.05, 0) is 47.0 Å². The fraction of sp³-hybridized carbons (Fsp3) is 0.0526. The van der Waals surface area contributed by atoms with Crippen LogP contribution in [0.25, 0.3) is 11.6 Å². The first-order valence-electron chi connectivity index (χ1n) is 7.78. The summed E-state index contributed by atoms with van der Waals surface area (Å²) in [6, 6.07) is 17.0. The van der Waals surface area contributed by atoms with Gasteiger partial charge in [-0.2, -0.15) is 20.2 Å². The van der Waals surface area contributed by atoms with Gasteiger partial charge < -0.3 is 10.1 Å². The van der Waals surface area contributed by atoms with E-state index in [4.69, 9.17) is 27.9 Å². The van der Waals surface area contributed by atoms with Gasteiger partial charge in [-0.25, -0.2) is 0 Å². The number of hydrogen-bond donors (Lipinski definition) is 1. The number of benzene rings is 2. The molecule has 0 aliphatic heterocycles. The van der Waals surface area contributed by atoms with E-state index >= 15 is 0 Å². The number of nitrogens with one attached hydrogen (secondary N) is 1. The minimum Gasteiger partial charge on any atom is -0.496 e. The van der Waals surface area contributed by atoms with Crippen LogP contribution in [-0.4, -0.2) is 22.1 Å². The van der Waals surface area contributed by atoms with Crippen molar-refractivity contribution in [3.63, 3.8) is 0 Å². The van der Waals surface area contributed by atoms with E-state index in [-0.39, 0.29) is 16.5 Å². The molecular weight excluding hydrogens is 385 g/mol. The van der Waals surface area contributed by atoms with E-state index in [0.717, 1.165) is 11.1 Å². The van der Waals surface area contributed by atoms with E-state index in [1.165, 1.54) is 0 Å². The number of ether oxygens (including phenoxy) is 1. The third-order valence-electron chi connectivity index (χ3n) is 3.58. The largest absolute Gasteiger partial charge is 0.496 e. The quantitative estimate of drug-likeness (QED) is 0.481. The third kappa shape index (κ3) is 4.73. The zero-order chi connectivity index (χ0) is 19.2. The van der Waals surface area contributed by atoms with E-state index in [0.29, 0.717) is 17.0 Å². The predicted molar refractivity (Wildman–Crippen MR) is 106 cm³/mol. The van der Waals surface area contributed by atoms with E-state index in [1.54, 1.807) is 25.3 Å². The van der Waals surface area contributed by atoms with E-state index in [1.807, 2.05) is 36.4 Å². The lowest BCUT2D eigenvalue weighted by Gasteiger charge is -2.10. The fourth-order valence-corrected chi connectivity index (χ4v) is 2.74. The van der Waals surface area contributed by atoms with Crippen molar-refractivity contribution in [2.45, 2.75) is 0 Å². The molecular formula is C19H13Cl2N5O.